The minimum Gasteiger partial charge on any atom is -0.313 e. The molecule has 0 radical (unpaired) electrons. The summed E-state index contributed by atoms with van der Waals surface area (Å²) in [6.07, 6.45) is 13.4. The average Bonchev–Trinajstić information content (AvgIpc) is 3.19. The molecule has 0 bridgehead atoms. The van der Waals surface area contributed by atoms with Crippen LogP contribution < -0.4 is 0 Å². The third-order valence-corrected chi connectivity index (χ3v) is 9.63. The van der Waals surface area contributed by atoms with Crippen molar-refractivity contribution in [1.82, 2.24) is 14.5 Å². The lowest BCUT2D eigenvalue weighted by atomic mass is 9.89. The topological polar surface area (TPSA) is 30.7 Å². The van der Waals surface area contributed by atoms with E-state index in [1.807, 2.05) is 0 Å². The van der Waals surface area contributed by atoms with Gasteiger partial charge in [-0.05, 0) is 60.7 Å². The normalized spacial score (nSPS) is 17.3. The van der Waals surface area contributed by atoms with Crippen LogP contribution in [-0.4, -0.2) is 14.5 Å². The van der Waals surface area contributed by atoms with Crippen LogP contribution >= 0.6 is 0 Å². The molecular weight excluding hydrogens is 522 g/mol. The minimum atomic E-state index is 0.448. The zero-order valence-electron chi connectivity index (χ0n) is 24.8. The number of nitrogens with zero attached hydrogens (tertiary/aromatic N) is 3. The fourth-order valence-electron chi connectivity index (χ4n) is 7.54. The van der Waals surface area contributed by atoms with E-state index in [1.165, 1.54) is 88.6 Å². The fourth-order valence-corrected chi connectivity index (χ4v) is 7.54. The van der Waals surface area contributed by atoms with Crippen molar-refractivity contribution in [2.75, 3.05) is 0 Å². The van der Waals surface area contributed by atoms with Gasteiger partial charge in [0.2, 0.25) is 0 Å². The maximum Gasteiger partial charge on any atom is 0.160 e. The number of allylic oxidation sites excluding steroid dienone is 1. The lowest BCUT2D eigenvalue weighted by molar-refractivity contribution is 0.582. The fraction of sp³-hybridized carbons (Fsp3) is 0.250. The lowest BCUT2D eigenvalue weighted by Gasteiger charge is -2.19. The lowest BCUT2D eigenvalue weighted by Crippen LogP contribution is -2.06. The Labute approximate surface area is 254 Å². The van der Waals surface area contributed by atoms with Gasteiger partial charge in [0, 0.05) is 45.1 Å². The average molecular weight is 560 g/mol. The van der Waals surface area contributed by atoms with Crippen LogP contribution in [0.1, 0.15) is 80.7 Å². The predicted molar refractivity (Wildman–Crippen MR) is 180 cm³/mol. The monoisotopic (exact) mass is 559 g/mol. The Morgan fingerprint density at radius 1 is 0.721 bits per heavy atom. The second kappa shape index (κ2) is 11.0. The minimum absolute atomic E-state index is 0.448. The van der Waals surface area contributed by atoms with Crippen molar-refractivity contribution in [2.24, 2.45) is 0 Å². The van der Waals surface area contributed by atoms with E-state index in [1.54, 1.807) is 0 Å². The van der Waals surface area contributed by atoms with E-state index in [2.05, 4.69) is 121 Å². The van der Waals surface area contributed by atoms with E-state index in [9.17, 15) is 0 Å². The van der Waals surface area contributed by atoms with E-state index in [4.69, 9.17) is 9.97 Å². The van der Waals surface area contributed by atoms with Gasteiger partial charge in [-0.2, -0.15) is 0 Å². The Morgan fingerprint density at radius 3 is 2.28 bits per heavy atom. The van der Waals surface area contributed by atoms with Crippen LogP contribution in [0.15, 0.2) is 103 Å². The first-order chi connectivity index (χ1) is 21.3. The van der Waals surface area contributed by atoms with Crippen molar-refractivity contribution in [2.45, 2.75) is 63.7 Å². The van der Waals surface area contributed by atoms with E-state index < -0.39 is 0 Å². The molecule has 1 fully saturated rings. The van der Waals surface area contributed by atoms with Crippen molar-refractivity contribution in [1.29, 1.82) is 0 Å². The van der Waals surface area contributed by atoms with E-state index >= 15 is 0 Å². The van der Waals surface area contributed by atoms with Crippen LogP contribution in [-0.2, 0) is 0 Å². The number of rotatable bonds is 4. The van der Waals surface area contributed by atoms with Crippen molar-refractivity contribution in [3.05, 3.63) is 120 Å². The maximum atomic E-state index is 5.33. The molecule has 0 aliphatic heterocycles. The Hall–Kier alpha value is -4.50. The number of para-hydroxylation sites is 1. The first-order valence-electron chi connectivity index (χ1n) is 16.0. The number of hydrogen-bond acceptors (Lipinski definition) is 2. The summed E-state index contributed by atoms with van der Waals surface area (Å²) < 4.78 is 2.50. The molecule has 6 aromatic rings. The van der Waals surface area contributed by atoms with Gasteiger partial charge in [-0.1, -0.05) is 111 Å². The second-order valence-corrected chi connectivity index (χ2v) is 12.4. The van der Waals surface area contributed by atoms with E-state index in [-0.39, 0.29) is 0 Å². The summed E-state index contributed by atoms with van der Waals surface area (Å²) in [5.74, 6) is 1.76. The summed E-state index contributed by atoms with van der Waals surface area (Å²) in [6, 6.07) is 35.0. The molecule has 4 aromatic carbocycles. The molecule has 0 saturated heterocycles. The zero-order chi connectivity index (χ0) is 28.8. The van der Waals surface area contributed by atoms with Crippen LogP contribution in [0, 0.1) is 0 Å². The van der Waals surface area contributed by atoms with Gasteiger partial charge in [0.15, 0.2) is 5.82 Å². The molecule has 1 saturated carbocycles. The number of aromatic nitrogens is 3. The number of hydrogen-bond donors (Lipinski definition) is 0. The van der Waals surface area contributed by atoms with E-state index in [0.717, 1.165) is 23.3 Å². The molecule has 3 nitrogen and oxygen atoms in total. The third kappa shape index (κ3) is 4.59. The molecule has 0 N–H and O–H groups in total. The highest BCUT2D eigenvalue weighted by Gasteiger charge is 2.26. The Bertz CT molecular complexity index is 1960. The molecule has 212 valence electrons. The molecular formula is C40H37N3. The molecule has 1 unspecified atom stereocenters. The highest BCUT2D eigenvalue weighted by atomic mass is 15.0. The van der Waals surface area contributed by atoms with Crippen molar-refractivity contribution in [3.8, 4) is 28.2 Å². The largest absolute Gasteiger partial charge is 0.313 e. The second-order valence-electron chi connectivity index (χ2n) is 12.4. The van der Waals surface area contributed by atoms with Gasteiger partial charge in [-0.3, -0.25) is 0 Å². The standard InChI is InChI=1S/C40H37N3/c1-27-14-12-22-33-37-32(21-13-23-36(37)43(39(27)33)31-19-10-5-11-20-31)30-24-25-35-34(26-30)38(28-15-6-2-3-7-16-28)42-40(41-35)29-17-8-4-9-18-29/h4-5,8-13,17-28H,2-3,6-7,14-16H2,1H3. The molecule has 0 amide bonds. The zero-order valence-corrected chi connectivity index (χ0v) is 24.8. The number of fused-ring (bicyclic) bond motifs is 4. The smallest absolute Gasteiger partial charge is 0.160 e. The quantitative estimate of drug-likeness (QED) is 0.201. The SMILES string of the molecule is CC1CC=Cc2c1n(-c1ccccc1)c1cccc(-c3ccc4nc(-c5ccccc5)nc(C5CCCCCC5)c4c3)c21. The van der Waals surface area contributed by atoms with Crippen molar-refractivity contribution in [3.63, 3.8) is 0 Å². The predicted octanol–water partition coefficient (Wildman–Crippen LogP) is 10.9. The molecule has 2 aliphatic rings. The van der Waals surface area contributed by atoms with Crippen molar-refractivity contribution < 1.29 is 0 Å². The molecule has 43 heavy (non-hydrogen) atoms. The first-order valence-corrected chi connectivity index (χ1v) is 16.0. The van der Waals surface area contributed by atoms with E-state index in [0.29, 0.717) is 11.8 Å². The summed E-state index contributed by atoms with van der Waals surface area (Å²) in [7, 11) is 0. The van der Waals surface area contributed by atoms with Gasteiger partial charge in [0.05, 0.1) is 16.7 Å². The molecule has 2 heterocycles. The maximum absolute atomic E-state index is 5.33. The molecule has 2 aliphatic carbocycles. The number of benzene rings is 4. The van der Waals surface area contributed by atoms with Gasteiger partial charge in [0.1, 0.15) is 0 Å². The van der Waals surface area contributed by atoms with Crippen LogP contribution in [0.25, 0.3) is 56.1 Å². The summed E-state index contributed by atoms with van der Waals surface area (Å²) >= 11 is 0. The van der Waals surface area contributed by atoms with Crippen LogP contribution in [0.5, 0.6) is 0 Å². The Kier molecular flexibility index (Phi) is 6.67. The Balaban J connectivity index is 1.36. The third-order valence-electron chi connectivity index (χ3n) is 9.63. The Morgan fingerprint density at radius 2 is 1.49 bits per heavy atom. The van der Waals surface area contributed by atoms with Crippen LogP contribution in [0.2, 0.25) is 0 Å². The van der Waals surface area contributed by atoms with Gasteiger partial charge in [-0.25, -0.2) is 9.97 Å². The highest BCUT2D eigenvalue weighted by Crippen LogP contribution is 2.44. The highest BCUT2D eigenvalue weighted by molar-refractivity contribution is 6.05. The van der Waals surface area contributed by atoms with Gasteiger partial charge >= 0.3 is 0 Å². The van der Waals surface area contributed by atoms with Crippen LogP contribution in [0.3, 0.4) is 0 Å². The summed E-state index contributed by atoms with van der Waals surface area (Å²) in [6.45, 7) is 2.36. The summed E-state index contributed by atoms with van der Waals surface area (Å²) in [5, 5.41) is 2.54. The molecule has 8 rings (SSSR count). The molecule has 3 heteroatoms. The summed E-state index contributed by atoms with van der Waals surface area (Å²) in [5.41, 5.74) is 11.1. The van der Waals surface area contributed by atoms with Gasteiger partial charge < -0.3 is 4.57 Å². The van der Waals surface area contributed by atoms with Crippen molar-refractivity contribution >= 4 is 27.9 Å². The van der Waals surface area contributed by atoms with Gasteiger partial charge in [0.25, 0.3) is 0 Å². The molecule has 0 spiro atoms. The van der Waals surface area contributed by atoms with Gasteiger partial charge in [-0.15, -0.1) is 0 Å². The summed E-state index contributed by atoms with van der Waals surface area (Å²) in [4.78, 5) is 10.5. The molecule has 1 atom stereocenters. The van der Waals surface area contributed by atoms with Crippen LogP contribution in [0.4, 0.5) is 0 Å². The first kappa shape index (κ1) is 26.2. The molecule has 2 aromatic heterocycles.